The standard InChI is InChI=1S/C26H20F6N2O2/c1-2-12-33-24(35)34-25(16-17-6-4-3-5-7-17,18-8-10-20(27)11-9-18)19-13-21(28)15-22(14-19)36-26(31,32)23(29)30/h1,3-11,13-15,23H,12,16H2,(H2,33,34,35). The van der Waals surface area contributed by atoms with Crippen molar-refractivity contribution in [2.24, 2.45) is 0 Å². The van der Waals surface area contributed by atoms with Gasteiger partial charge in [-0.2, -0.15) is 17.6 Å². The number of hydrogen-bond acceptors (Lipinski definition) is 2. The van der Waals surface area contributed by atoms with Crippen molar-refractivity contribution in [3.8, 4) is 18.1 Å². The largest absolute Gasteiger partial charge is 0.461 e. The highest BCUT2D eigenvalue weighted by Gasteiger charge is 2.45. The van der Waals surface area contributed by atoms with Gasteiger partial charge >= 0.3 is 18.6 Å². The van der Waals surface area contributed by atoms with Crippen LogP contribution in [-0.4, -0.2) is 25.1 Å². The Hall–Kier alpha value is -4.13. The van der Waals surface area contributed by atoms with E-state index in [1.165, 1.54) is 12.1 Å². The van der Waals surface area contributed by atoms with Crippen molar-refractivity contribution in [2.75, 3.05) is 6.54 Å². The Labute approximate surface area is 203 Å². The van der Waals surface area contributed by atoms with Crippen LogP contribution >= 0.6 is 0 Å². The molecule has 4 nitrogen and oxygen atoms in total. The summed E-state index contributed by atoms with van der Waals surface area (Å²) >= 11 is 0. The second-order valence-electron chi connectivity index (χ2n) is 7.73. The van der Waals surface area contributed by atoms with E-state index in [-0.39, 0.29) is 24.1 Å². The first-order valence-electron chi connectivity index (χ1n) is 10.5. The summed E-state index contributed by atoms with van der Waals surface area (Å²) in [7, 11) is 0. The van der Waals surface area contributed by atoms with Gasteiger partial charge in [-0.1, -0.05) is 48.4 Å². The summed E-state index contributed by atoms with van der Waals surface area (Å²) in [6.07, 6.45) is -3.96. The van der Waals surface area contributed by atoms with E-state index in [0.717, 1.165) is 24.3 Å². The van der Waals surface area contributed by atoms with E-state index in [2.05, 4.69) is 21.3 Å². The molecule has 2 N–H and O–H groups in total. The third-order valence-electron chi connectivity index (χ3n) is 5.20. The third kappa shape index (κ3) is 6.30. The molecule has 3 rings (SSSR count). The van der Waals surface area contributed by atoms with E-state index in [1.54, 1.807) is 30.3 Å². The highest BCUT2D eigenvalue weighted by Crippen LogP contribution is 2.37. The Balaban J connectivity index is 2.24. The molecular formula is C26H20F6N2O2. The van der Waals surface area contributed by atoms with E-state index >= 15 is 0 Å². The van der Waals surface area contributed by atoms with Gasteiger partial charge in [-0.15, -0.1) is 6.42 Å². The topological polar surface area (TPSA) is 50.4 Å². The van der Waals surface area contributed by atoms with Crippen LogP contribution < -0.4 is 15.4 Å². The highest BCUT2D eigenvalue weighted by molar-refractivity contribution is 5.76. The molecule has 0 radical (unpaired) electrons. The molecule has 2 amide bonds. The molecule has 1 atom stereocenters. The zero-order chi connectivity index (χ0) is 26.3. The van der Waals surface area contributed by atoms with Crippen LogP contribution in [0.25, 0.3) is 0 Å². The number of alkyl halides is 4. The van der Waals surface area contributed by atoms with Crippen molar-refractivity contribution in [1.82, 2.24) is 10.6 Å². The fraction of sp³-hybridized carbons (Fsp3) is 0.192. The van der Waals surface area contributed by atoms with Crippen LogP contribution in [0.2, 0.25) is 0 Å². The number of amides is 2. The van der Waals surface area contributed by atoms with Gasteiger partial charge in [0, 0.05) is 12.5 Å². The molecule has 0 saturated heterocycles. The predicted molar refractivity (Wildman–Crippen MR) is 121 cm³/mol. The summed E-state index contributed by atoms with van der Waals surface area (Å²) in [4.78, 5) is 12.8. The van der Waals surface area contributed by atoms with Crippen LogP contribution in [0.3, 0.4) is 0 Å². The van der Waals surface area contributed by atoms with Gasteiger partial charge in [0.05, 0.1) is 12.1 Å². The lowest BCUT2D eigenvalue weighted by atomic mass is 9.77. The molecule has 36 heavy (non-hydrogen) atoms. The smallest absolute Gasteiger partial charge is 0.428 e. The Kier molecular flexibility index (Phi) is 8.14. The maximum Gasteiger partial charge on any atom is 0.461 e. The van der Waals surface area contributed by atoms with Gasteiger partial charge in [0.15, 0.2) is 0 Å². The molecule has 0 aliphatic carbocycles. The zero-order valence-electron chi connectivity index (χ0n) is 18.6. The minimum absolute atomic E-state index is 0.0723. The molecule has 0 saturated carbocycles. The molecule has 3 aromatic rings. The third-order valence-corrected chi connectivity index (χ3v) is 5.20. The van der Waals surface area contributed by atoms with E-state index in [0.29, 0.717) is 11.6 Å². The summed E-state index contributed by atoms with van der Waals surface area (Å²) < 4.78 is 85.2. The lowest BCUT2D eigenvalue weighted by Gasteiger charge is -2.37. The van der Waals surface area contributed by atoms with Crippen LogP contribution in [0.1, 0.15) is 16.7 Å². The quantitative estimate of drug-likeness (QED) is 0.293. The molecule has 3 aromatic carbocycles. The Bertz CT molecular complexity index is 1230. The van der Waals surface area contributed by atoms with E-state index in [1.807, 2.05) is 0 Å². The summed E-state index contributed by atoms with van der Waals surface area (Å²) in [5.41, 5.74) is -0.980. The van der Waals surface area contributed by atoms with Crippen LogP contribution in [0.4, 0.5) is 31.1 Å². The van der Waals surface area contributed by atoms with Crippen molar-refractivity contribution >= 4 is 6.03 Å². The van der Waals surface area contributed by atoms with E-state index in [4.69, 9.17) is 6.42 Å². The fourth-order valence-electron chi connectivity index (χ4n) is 3.63. The fourth-order valence-corrected chi connectivity index (χ4v) is 3.63. The number of carbonyl (C=O) groups excluding carboxylic acids is 1. The molecule has 0 aliphatic heterocycles. The second-order valence-corrected chi connectivity index (χ2v) is 7.73. The normalized spacial score (nSPS) is 12.9. The SMILES string of the molecule is C#CCNC(=O)NC(Cc1ccccc1)(c1ccc(F)cc1)c1cc(F)cc(OC(F)(F)C(F)F)c1. The van der Waals surface area contributed by atoms with Gasteiger partial charge in [-0.3, -0.25) is 0 Å². The predicted octanol–water partition coefficient (Wildman–Crippen LogP) is 5.62. The molecule has 10 heteroatoms. The number of benzene rings is 3. The number of halogens is 6. The van der Waals surface area contributed by atoms with Crippen molar-refractivity contribution in [3.05, 3.63) is 101 Å². The average molecular weight is 506 g/mol. The Morgan fingerprint density at radius 1 is 0.944 bits per heavy atom. The van der Waals surface area contributed by atoms with Crippen molar-refractivity contribution in [3.63, 3.8) is 0 Å². The van der Waals surface area contributed by atoms with Crippen LogP contribution in [-0.2, 0) is 12.0 Å². The summed E-state index contributed by atoms with van der Waals surface area (Å²) in [5.74, 6) is -0.389. The molecule has 0 fully saturated rings. The number of terminal acetylenes is 1. The number of carbonyl (C=O) groups is 1. The Morgan fingerprint density at radius 2 is 1.61 bits per heavy atom. The first kappa shape index (κ1) is 26.5. The van der Waals surface area contributed by atoms with Crippen molar-refractivity contribution in [2.45, 2.75) is 24.5 Å². The number of ether oxygens (including phenoxy) is 1. The lowest BCUT2D eigenvalue weighted by Crippen LogP contribution is -2.52. The summed E-state index contributed by atoms with van der Waals surface area (Å²) in [5, 5.41) is 5.08. The van der Waals surface area contributed by atoms with Gasteiger partial charge in [0.25, 0.3) is 0 Å². The van der Waals surface area contributed by atoms with Gasteiger partial charge in [0.1, 0.15) is 17.4 Å². The van der Waals surface area contributed by atoms with Crippen LogP contribution in [0.15, 0.2) is 72.8 Å². The summed E-state index contributed by atoms with van der Waals surface area (Å²) in [6.45, 7) is -0.172. The molecule has 188 valence electrons. The molecule has 1 unspecified atom stereocenters. The van der Waals surface area contributed by atoms with Crippen molar-refractivity contribution < 1.29 is 35.9 Å². The van der Waals surface area contributed by atoms with Gasteiger partial charge in [0.2, 0.25) is 0 Å². The summed E-state index contributed by atoms with van der Waals surface area (Å²) in [6, 6.07) is 14.9. The maximum absolute atomic E-state index is 14.7. The molecule has 0 bridgehead atoms. The molecular weight excluding hydrogens is 486 g/mol. The number of nitrogens with one attached hydrogen (secondary N) is 2. The molecule has 0 heterocycles. The lowest BCUT2D eigenvalue weighted by molar-refractivity contribution is -0.253. The highest BCUT2D eigenvalue weighted by atomic mass is 19.3. The first-order chi connectivity index (χ1) is 17.1. The van der Waals surface area contributed by atoms with E-state index in [9.17, 15) is 31.1 Å². The van der Waals surface area contributed by atoms with Gasteiger partial charge in [-0.05, 0) is 41.0 Å². The molecule has 0 aliphatic rings. The number of rotatable bonds is 9. The van der Waals surface area contributed by atoms with E-state index < -0.39 is 41.5 Å². The maximum atomic E-state index is 14.7. The number of urea groups is 1. The van der Waals surface area contributed by atoms with Crippen LogP contribution in [0.5, 0.6) is 5.75 Å². The minimum Gasteiger partial charge on any atom is -0.428 e. The van der Waals surface area contributed by atoms with Gasteiger partial charge < -0.3 is 15.4 Å². The number of hydrogen-bond donors (Lipinski definition) is 2. The van der Waals surface area contributed by atoms with Crippen LogP contribution in [0, 0.1) is 24.0 Å². The monoisotopic (exact) mass is 506 g/mol. The molecule has 0 aromatic heterocycles. The average Bonchev–Trinajstić information content (AvgIpc) is 2.82. The molecule has 0 spiro atoms. The first-order valence-corrected chi connectivity index (χ1v) is 10.5. The second kappa shape index (κ2) is 11.1. The Morgan fingerprint density at radius 3 is 2.22 bits per heavy atom. The van der Waals surface area contributed by atoms with Gasteiger partial charge in [-0.25, -0.2) is 13.6 Å². The minimum atomic E-state index is -4.90. The zero-order valence-corrected chi connectivity index (χ0v) is 18.6. The van der Waals surface area contributed by atoms with Crippen molar-refractivity contribution in [1.29, 1.82) is 0 Å².